The quantitative estimate of drug-likeness (QED) is 0.304. The first-order valence-corrected chi connectivity index (χ1v) is 15.1. The van der Waals surface area contributed by atoms with Crippen LogP contribution in [0.1, 0.15) is 106 Å². The molecule has 37 heavy (non-hydrogen) atoms. The minimum absolute atomic E-state index is 0.0509. The smallest absolute Gasteiger partial charge is 0.305 e. The lowest BCUT2D eigenvalue weighted by Gasteiger charge is -2.58. The van der Waals surface area contributed by atoms with Crippen LogP contribution in [0, 0.1) is 40.4 Å². The zero-order valence-corrected chi connectivity index (χ0v) is 24.0. The first-order chi connectivity index (χ1) is 17.6. The number of ether oxygens (including phenoxy) is 2. The molecule has 1 N–H and O–H groups in total. The highest BCUT2D eigenvalue weighted by molar-refractivity contribution is 5.72. The fraction of sp³-hybridized carbons (Fsp3) is 0.812. The topological polar surface area (TPSA) is 64.6 Å². The third kappa shape index (κ3) is 4.67. The summed E-state index contributed by atoms with van der Waals surface area (Å²) in [5, 5.41) is 2.96. The molecule has 0 spiro atoms. The van der Waals surface area contributed by atoms with Gasteiger partial charge in [0.1, 0.15) is 12.2 Å². The maximum absolute atomic E-state index is 11.9. The Bertz CT molecular complexity index is 983. The summed E-state index contributed by atoms with van der Waals surface area (Å²) < 4.78 is 12.5. The summed E-state index contributed by atoms with van der Waals surface area (Å²) >= 11 is 0. The molecule has 0 aromatic rings. The van der Waals surface area contributed by atoms with Crippen molar-refractivity contribution in [3.8, 4) is 0 Å². The summed E-state index contributed by atoms with van der Waals surface area (Å²) in [7, 11) is 0. The van der Waals surface area contributed by atoms with Gasteiger partial charge in [-0.15, -0.1) is 0 Å². The van der Waals surface area contributed by atoms with Crippen LogP contribution >= 0.6 is 0 Å². The van der Waals surface area contributed by atoms with E-state index in [2.05, 4.69) is 39.1 Å². The highest BCUT2D eigenvalue weighted by atomic mass is 16.5. The molecule has 0 saturated heterocycles. The second-order valence-electron chi connectivity index (χ2n) is 13.6. The molecule has 206 valence electrons. The monoisotopic (exact) mass is 511 g/mol. The van der Waals surface area contributed by atoms with Gasteiger partial charge in [0.05, 0.1) is 5.76 Å². The highest BCUT2D eigenvalue weighted by Crippen LogP contribution is 2.69. The fourth-order valence-corrected chi connectivity index (χ4v) is 9.38. The van der Waals surface area contributed by atoms with Gasteiger partial charge in [-0.05, 0) is 91.9 Å². The molecule has 5 nitrogen and oxygen atoms in total. The Morgan fingerprint density at radius 1 is 1.22 bits per heavy atom. The van der Waals surface area contributed by atoms with E-state index in [4.69, 9.17) is 9.47 Å². The number of hydrogen-bond acceptors (Lipinski definition) is 4. The fourth-order valence-electron chi connectivity index (χ4n) is 9.38. The summed E-state index contributed by atoms with van der Waals surface area (Å²) in [5.74, 6) is 4.45. The Kier molecular flexibility index (Phi) is 7.30. The molecule has 3 fully saturated rings. The Morgan fingerprint density at radius 3 is 2.73 bits per heavy atom. The van der Waals surface area contributed by atoms with Gasteiger partial charge in [-0.3, -0.25) is 9.59 Å². The van der Waals surface area contributed by atoms with Gasteiger partial charge in [-0.2, -0.15) is 0 Å². The van der Waals surface area contributed by atoms with Gasteiger partial charge in [0.2, 0.25) is 5.91 Å². The van der Waals surface area contributed by atoms with Crippen LogP contribution in [-0.4, -0.2) is 30.6 Å². The van der Waals surface area contributed by atoms with E-state index in [9.17, 15) is 9.59 Å². The van der Waals surface area contributed by atoms with Gasteiger partial charge in [-0.1, -0.05) is 39.3 Å². The lowest BCUT2D eigenvalue weighted by Crippen LogP contribution is -2.50. The van der Waals surface area contributed by atoms with E-state index in [1.807, 2.05) is 6.92 Å². The van der Waals surface area contributed by atoms with E-state index in [0.717, 1.165) is 56.4 Å². The standard InChI is InChI=1S/C32H49NO4/c1-7-29(35)36-23-12-14-31(5)22(16-23)9-10-24-25(31)13-15-32(6)26(24)17-28-30(32)20(3)27(37-28)11-8-19(2)18-33-21(4)34/h9,19,23-26,28,30H,7-8,10-18H2,1-6H3,(H,33,34)/t19-,23-,24+,25-,26-,28-,30-,31-,32-/m0/s1. The second kappa shape index (κ2) is 10.1. The Hall–Kier alpha value is -1.78. The summed E-state index contributed by atoms with van der Waals surface area (Å²) in [6.45, 7) is 13.9. The maximum Gasteiger partial charge on any atom is 0.305 e. The second-order valence-corrected chi connectivity index (χ2v) is 13.6. The third-order valence-corrected chi connectivity index (χ3v) is 11.4. The Morgan fingerprint density at radius 2 is 2.00 bits per heavy atom. The van der Waals surface area contributed by atoms with Crippen molar-refractivity contribution >= 4 is 11.9 Å². The van der Waals surface area contributed by atoms with Gasteiger partial charge in [0.25, 0.3) is 0 Å². The number of nitrogens with one attached hydrogen (secondary N) is 1. The molecule has 1 heterocycles. The largest absolute Gasteiger partial charge is 0.494 e. The van der Waals surface area contributed by atoms with Crippen LogP contribution in [0.3, 0.4) is 0 Å². The van der Waals surface area contributed by atoms with Crippen LogP contribution in [0.4, 0.5) is 0 Å². The molecule has 1 aliphatic heterocycles. The number of esters is 1. The number of hydrogen-bond donors (Lipinski definition) is 1. The molecule has 0 bridgehead atoms. The molecule has 0 aromatic carbocycles. The van der Waals surface area contributed by atoms with E-state index < -0.39 is 0 Å². The number of fused-ring (bicyclic) bond motifs is 7. The minimum Gasteiger partial charge on any atom is -0.494 e. The van der Waals surface area contributed by atoms with Gasteiger partial charge >= 0.3 is 5.97 Å². The van der Waals surface area contributed by atoms with Crippen molar-refractivity contribution in [2.24, 2.45) is 40.4 Å². The lowest BCUT2D eigenvalue weighted by molar-refractivity contribution is -0.151. The van der Waals surface area contributed by atoms with Gasteiger partial charge < -0.3 is 14.8 Å². The first kappa shape index (κ1) is 26.8. The molecule has 4 aliphatic carbocycles. The number of carbonyl (C=O) groups is 2. The van der Waals surface area contributed by atoms with E-state index in [0.29, 0.717) is 29.8 Å². The molecule has 1 amide bonds. The molecular formula is C32H49NO4. The van der Waals surface area contributed by atoms with Crippen molar-refractivity contribution in [2.75, 3.05) is 6.54 Å². The van der Waals surface area contributed by atoms with Gasteiger partial charge in [0, 0.05) is 38.6 Å². The summed E-state index contributed by atoms with van der Waals surface area (Å²) in [4.78, 5) is 23.2. The zero-order valence-electron chi connectivity index (χ0n) is 24.0. The predicted octanol–water partition coefficient (Wildman–Crippen LogP) is 6.72. The number of allylic oxidation sites excluding steroid dienone is 2. The average Bonchev–Trinajstić information content (AvgIpc) is 3.34. The molecule has 0 unspecified atom stereocenters. The average molecular weight is 512 g/mol. The Labute approximate surface area is 224 Å². The van der Waals surface area contributed by atoms with Crippen LogP contribution < -0.4 is 5.32 Å². The van der Waals surface area contributed by atoms with Gasteiger partial charge in [0.15, 0.2) is 0 Å². The summed E-state index contributed by atoms with van der Waals surface area (Å²) in [6, 6.07) is 0. The van der Waals surface area contributed by atoms with E-state index in [-0.39, 0.29) is 23.4 Å². The molecule has 5 aliphatic rings. The number of amides is 1. The van der Waals surface area contributed by atoms with Crippen molar-refractivity contribution in [2.45, 2.75) is 118 Å². The number of carbonyl (C=O) groups excluding carboxylic acids is 2. The normalized spacial score (nSPS) is 41.0. The van der Waals surface area contributed by atoms with E-state index in [1.54, 1.807) is 12.5 Å². The molecule has 0 radical (unpaired) electrons. The van der Waals surface area contributed by atoms with Crippen molar-refractivity contribution in [3.63, 3.8) is 0 Å². The van der Waals surface area contributed by atoms with Crippen molar-refractivity contribution < 1.29 is 19.1 Å². The van der Waals surface area contributed by atoms with Crippen LogP contribution in [0.15, 0.2) is 23.0 Å². The SMILES string of the molecule is CCC(=O)O[C@H]1CC[C@@]2(C)C(=CC[C@H]3[C@@H]4C[C@@H]5OC(CC[C@H](C)CNC(C)=O)=C(C)[C@@H]5[C@@]4(C)CC[C@@H]32)C1. The molecule has 0 aromatic heterocycles. The van der Waals surface area contributed by atoms with Crippen molar-refractivity contribution in [1.29, 1.82) is 0 Å². The molecular weight excluding hydrogens is 462 g/mol. The van der Waals surface area contributed by atoms with Crippen LogP contribution in [0.25, 0.3) is 0 Å². The highest BCUT2D eigenvalue weighted by Gasteiger charge is 2.63. The molecule has 5 heteroatoms. The third-order valence-electron chi connectivity index (χ3n) is 11.4. The van der Waals surface area contributed by atoms with Crippen LogP contribution in [-0.2, 0) is 19.1 Å². The van der Waals surface area contributed by atoms with Crippen LogP contribution in [0.5, 0.6) is 0 Å². The van der Waals surface area contributed by atoms with Crippen molar-refractivity contribution in [3.05, 3.63) is 23.0 Å². The summed E-state index contributed by atoms with van der Waals surface area (Å²) in [6.07, 6.45) is 13.5. The number of rotatable bonds is 7. The lowest BCUT2D eigenvalue weighted by atomic mass is 9.47. The summed E-state index contributed by atoms with van der Waals surface area (Å²) in [5.41, 5.74) is 3.67. The van der Waals surface area contributed by atoms with Crippen molar-refractivity contribution in [1.82, 2.24) is 5.32 Å². The van der Waals surface area contributed by atoms with Crippen LogP contribution in [0.2, 0.25) is 0 Å². The molecule has 3 saturated carbocycles. The van der Waals surface area contributed by atoms with Gasteiger partial charge in [-0.25, -0.2) is 0 Å². The minimum atomic E-state index is -0.0567. The molecule has 9 atom stereocenters. The molecule has 5 rings (SSSR count). The first-order valence-electron chi connectivity index (χ1n) is 15.1. The maximum atomic E-state index is 11.9. The predicted molar refractivity (Wildman–Crippen MR) is 145 cm³/mol. The zero-order chi connectivity index (χ0) is 26.5. The van der Waals surface area contributed by atoms with E-state index in [1.165, 1.54) is 37.0 Å². The Balaban J connectivity index is 1.28. The van der Waals surface area contributed by atoms with E-state index >= 15 is 0 Å².